The van der Waals surface area contributed by atoms with Crippen LogP contribution in [-0.4, -0.2) is 51.5 Å². The van der Waals surface area contributed by atoms with E-state index in [4.69, 9.17) is 4.74 Å². The number of aryl methyl sites for hydroxylation is 2. The number of esters is 1. The van der Waals surface area contributed by atoms with Gasteiger partial charge in [-0.2, -0.15) is 0 Å². The Morgan fingerprint density at radius 1 is 1.26 bits per heavy atom. The van der Waals surface area contributed by atoms with Gasteiger partial charge in [0.25, 0.3) is 5.91 Å². The first-order valence-electron chi connectivity index (χ1n) is 9.57. The van der Waals surface area contributed by atoms with Gasteiger partial charge in [0.2, 0.25) is 0 Å². The number of aromatic nitrogens is 3. The van der Waals surface area contributed by atoms with Crippen molar-refractivity contribution in [2.75, 3.05) is 19.7 Å². The monoisotopic (exact) mass is 370 g/mol. The van der Waals surface area contributed by atoms with Crippen LogP contribution in [-0.2, 0) is 22.5 Å². The summed E-state index contributed by atoms with van der Waals surface area (Å²) in [6.45, 7) is 3.88. The van der Waals surface area contributed by atoms with Gasteiger partial charge in [-0.15, -0.1) is 5.10 Å². The lowest BCUT2D eigenvalue weighted by atomic mass is 9.98. The number of carbonyl (C=O) groups is 2. The normalized spacial score (nSPS) is 16.9. The van der Waals surface area contributed by atoms with Crippen LogP contribution in [0.25, 0.3) is 0 Å². The average molecular weight is 370 g/mol. The van der Waals surface area contributed by atoms with E-state index in [1.165, 1.54) is 5.56 Å². The molecule has 27 heavy (non-hydrogen) atoms. The average Bonchev–Trinajstić information content (AvgIpc) is 3.17. The number of amides is 1. The molecule has 7 heteroatoms. The number of hydrogen-bond donors (Lipinski definition) is 0. The zero-order chi connectivity index (χ0) is 19.1. The number of benzene rings is 1. The van der Waals surface area contributed by atoms with Gasteiger partial charge >= 0.3 is 5.97 Å². The lowest BCUT2D eigenvalue weighted by molar-refractivity contribution is -0.149. The number of piperidine rings is 1. The van der Waals surface area contributed by atoms with E-state index in [-0.39, 0.29) is 17.8 Å². The summed E-state index contributed by atoms with van der Waals surface area (Å²) in [5.74, 6) is -0.638. The van der Waals surface area contributed by atoms with Crippen LogP contribution < -0.4 is 0 Å². The molecule has 1 fully saturated rings. The smallest absolute Gasteiger partial charge is 0.310 e. The Balaban J connectivity index is 1.52. The van der Waals surface area contributed by atoms with E-state index in [2.05, 4.69) is 22.4 Å². The Hall–Kier alpha value is -2.70. The number of ether oxygens (including phenoxy) is 1. The van der Waals surface area contributed by atoms with E-state index >= 15 is 0 Å². The second-order valence-electron chi connectivity index (χ2n) is 6.80. The van der Waals surface area contributed by atoms with Crippen LogP contribution in [0.3, 0.4) is 0 Å². The molecule has 1 aromatic heterocycles. The maximum Gasteiger partial charge on any atom is 0.310 e. The molecular weight excluding hydrogens is 344 g/mol. The summed E-state index contributed by atoms with van der Waals surface area (Å²) >= 11 is 0. The second-order valence-corrected chi connectivity index (χ2v) is 6.80. The standard InChI is InChI=1S/C20H26N4O3/c1-2-27-20(26)17-11-7-12-23(14-17)19(25)18-15-24(22-21-18)13-6-10-16-8-4-3-5-9-16/h3-5,8-9,15,17H,2,6-7,10-14H2,1H3/t17-/m1/s1. The quantitative estimate of drug-likeness (QED) is 0.699. The highest BCUT2D eigenvalue weighted by Gasteiger charge is 2.30. The minimum Gasteiger partial charge on any atom is -0.466 e. The predicted molar refractivity (Wildman–Crippen MR) is 100 cm³/mol. The molecule has 0 aliphatic carbocycles. The highest BCUT2D eigenvalue weighted by Crippen LogP contribution is 2.19. The number of likely N-dealkylation sites (tertiary alicyclic amines) is 1. The molecule has 0 bridgehead atoms. The van der Waals surface area contributed by atoms with E-state index in [9.17, 15) is 9.59 Å². The highest BCUT2D eigenvalue weighted by molar-refractivity contribution is 5.92. The minimum atomic E-state index is -0.247. The molecule has 1 aromatic carbocycles. The zero-order valence-corrected chi connectivity index (χ0v) is 15.7. The lowest BCUT2D eigenvalue weighted by Gasteiger charge is -2.30. The molecule has 1 atom stereocenters. The Labute approximate surface area is 159 Å². The van der Waals surface area contributed by atoms with Crippen LogP contribution in [0.1, 0.15) is 42.2 Å². The zero-order valence-electron chi connectivity index (χ0n) is 15.7. The molecule has 0 spiro atoms. The first kappa shape index (κ1) is 19.1. The molecule has 0 unspecified atom stereocenters. The van der Waals surface area contributed by atoms with Crippen molar-refractivity contribution in [1.29, 1.82) is 0 Å². The fourth-order valence-corrected chi connectivity index (χ4v) is 3.37. The fraction of sp³-hybridized carbons (Fsp3) is 0.500. The topological polar surface area (TPSA) is 77.3 Å². The van der Waals surface area contributed by atoms with E-state index in [1.807, 2.05) is 18.2 Å². The molecule has 0 saturated carbocycles. The van der Waals surface area contributed by atoms with Crippen LogP contribution in [0.5, 0.6) is 0 Å². The third-order valence-electron chi connectivity index (χ3n) is 4.78. The Morgan fingerprint density at radius 3 is 2.85 bits per heavy atom. The number of hydrogen-bond acceptors (Lipinski definition) is 5. The molecule has 7 nitrogen and oxygen atoms in total. The molecule has 2 aromatic rings. The lowest BCUT2D eigenvalue weighted by Crippen LogP contribution is -2.43. The number of carbonyl (C=O) groups excluding carboxylic acids is 2. The first-order chi connectivity index (χ1) is 13.2. The van der Waals surface area contributed by atoms with Crippen molar-refractivity contribution < 1.29 is 14.3 Å². The minimum absolute atomic E-state index is 0.168. The predicted octanol–water partition coefficient (Wildman–Crippen LogP) is 2.33. The van der Waals surface area contributed by atoms with Crippen LogP contribution in [0.2, 0.25) is 0 Å². The molecule has 2 heterocycles. The Bertz CT molecular complexity index is 760. The van der Waals surface area contributed by atoms with Crippen molar-refractivity contribution in [1.82, 2.24) is 19.9 Å². The molecule has 144 valence electrons. The third-order valence-corrected chi connectivity index (χ3v) is 4.78. The van der Waals surface area contributed by atoms with Crippen molar-refractivity contribution in [3.05, 3.63) is 47.8 Å². The van der Waals surface area contributed by atoms with Gasteiger partial charge in [0.1, 0.15) is 0 Å². The van der Waals surface area contributed by atoms with Gasteiger partial charge in [0.05, 0.1) is 18.7 Å². The van der Waals surface area contributed by atoms with Crippen molar-refractivity contribution >= 4 is 11.9 Å². The Kier molecular flexibility index (Phi) is 6.57. The summed E-state index contributed by atoms with van der Waals surface area (Å²) in [7, 11) is 0. The van der Waals surface area contributed by atoms with Crippen molar-refractivity contribution in [3.8, 4) is 0 Å². The summed E-state index contributed by atoms with van der Waals surface area (Å²) in [5.41, 5.74) is 1.62. The third kappa shape index (κ3) is 5.15. The van der Waals surface area contributed by atoms with Crippen LogP contribution in [0.4, 0.5) is 0 Å². The maximum atomic E-state index is 12.7. The summed E-state index contributed by atoms with van der Waals surface area (Å²) in [5, 5.41) is 8.10. The highest BCUT2D eigenvalue weighted by atomic mass is 16.5. The summed E-state index contributed by atoms with van der Waals surface area (Å²) in [6, 6.07) is 10.3. The van der Waals surface area contributed by atoms with Crippen LogP contribution in [0.15, 0.2) is 36.5 Å². The van der Waals surface area contributed by atoms with Crippen molar-refractivity contribution in [2.24, 2.45) is 5.92 Å². The molecule has 1 amide bonds. The summed E-state index contributed by atoms with van der Waals surface area (Å²) in [6.07, 6.45) is 5.13. The van der Waals surface area contributed by atoms with Crippen molar-refractivity contribution in [2.45, 2.75) is 39.2 Å². The Morgan fingerprint density at radius 2 is 2.07 bits per heavy atom. The number of nitrogens with zero attached hydrogens (tertiary/aromatic N) is 4. The van der Waals surface area contributed by atoms with E-state index < -0.39 is 0 Å². The molecule has 1 aliphatic rings. The van der Waals surface area contributed by atoms with Gasteiger partial charge in [0, 0.05) is 19.6 Å². The second kappa shape index (κ2) is 9.30. The van der Waals surface area contributed by atoms with Gasteiger partial charge in [0.15, 0.2) is 5.69 Å². The van der Waals surface area contributed by atoms with E-state index in [0.29, 0.717) is 31.9 Å². The van der Waals surface area contributed by atoms with E-state index in [0.717, 1.165) is 25.7 Å². The molecule has 1 aliphatic heterocycles. The van der Waals surface area contributed by atoms with Gasteiger partial charge < -0.3 is 9.64 Å². The van der Waals surface area contributed by atoms with Gasteiger partial charge in [-0.3, -0.25) is 14.3 Å². The first-order valence-corrected chi connectivity index (χ1v) is 9.57. The van der Waals surface area contributed by atoms with Crippen LogP contribution >= 0.6 is 0 Å². The van der Waals surface area contributed by atoms with Gasteiger partial charge in [-0.25, -0.2) is 0 Å². The fourth-order valence-electron chi connectivity index (χ4n) is 3.37. The SMILES string of the molecule is CCOC(=O)[C@@H]1CCCN(C(=O)c2cn(CCCc3ccccc3)nn2)C1. The van der Waals surface area contributed by atoms with E-state index in [1.54, 1.807) is 22.7 Å². The molecule has 0 N–H and O–H groups in total. The van der Waals surface area contributed by atoms with Crippen molar-refractivity contribution in [3.63, 3.8) is 0 Å². The molecule has 3 rings (SSSR count). The molecule has 0 radical (unpaired) electrons. The molecule has 1 saturated heterocycles. The maximum absolute atomic E-state index is 12.7. The summed E-state index contributed by atoms with van der Waals surface area (Å²) in [4.78, 5) is 26.3. The largest absolute Gasteiger partial charge is 0.466 e. The number of rotatable bonds is 7. The molecular formula is C20H26N4O3. The van der Waals surface area contributed by atoms with Crippen LogP contribution in [0, 0.1) is 5.92 Å². The van der Waals surface area contributed by atoms with Gasteiger partial charge in [-0.1, -0.05) is 35.5 Å². The van der Waals surface area contributed by atoms with Gasteiger partial charge in [-0.05, 0) is 38.2 Å². The summed E-state index contributed by atoms with van der Waals surface area (Å²) < 4.78 is 6.80.